The van der Waals surface area contributed by atoms with Gasteiger partial charge in [0.2, 0.25) is 0 Å². The third-order valence-electron chi connectivity index (χ3n) is 4.07. The lowest BCUT2D eigenvalue weighted by molar-refractivity contribution is -0.146. The fourth-order valence-electron chi connectivity index (χ4n) is 2.36. The van der Waals surface area contributed by atoms with Crippen LogP contribution in [0.4, 0.5) is 0 Å². The Morgan fingerprint density at radius 1 is 0.967 bits per heavy atom. The SMILES string of the molecule is CC(C)c1ccc(COC(=O)CCC(=O)CN)cc1.O=S(=O)(O)Cc1ccccc1. The van der Waals surface area contributed by atoms with Crippen LogP contribution in [0.3, 0.4) is 0 Å². The molecule has 0 saturated carbocycles. The molecule has 2 aromatic carbocycles. The van der Waals surface area contributed by atoms with E-state index in [4.69, 9.17) is 15.0 Å². The highest BCUT2D eigenvalue weighted by Crippen LogP contribution is 2.15. The van der Waals surface area contributed by atoms with E-state index >= 15 is 0 Å². The second kappa shape index (κ2) is 12.9. The van der Waals surface area contributed by atoms with Crippen LogP contribution in [0.5, 0.6) is 0 Å². The Bertz CT molecular complexity index is 893. The van der Waals surface area contributed by atoms with E-state index in [0.29, 0.717) is 11.5 Å². The normalized spacial score (nSPS) is 10.8. The van der Waals surface area contributed by atoms with E-state index in [1.807, 2.05) is 24.3 Å². The van der Waals surface area contributed by atoms with Gasteiger partial charge in [-0.05, 0) is 22.6 Å². The van der Waals surface area contributed by atoms with Crippen LogP contribution < -0.4 is 5.73 Å². The molecule has 0 aromatic heterocycles. The minimum atomic E-state index is -3.88. The molecule has 0 unspecified atom stereocenters. The van der Waals surface area contributed by atoms with Gasteiger partial charge in [0.25, 0.3) is 10.1 Å². The van der Waals surface area contributed by atoms with E-state index in [-0.39, 0.29) is 43.5 Å². The molecule has 0 heterocycles. The molecule has 7 nitrogen and oxygen atoms in total. The molecule has 0 fully saturated rings. The molecule has 0 amide bonds. The van der Waals surface area contributed by atoms with Crippen molar-refractivity contribution in [3.05, 3.63) is 71.3 Å². The van der Waals surface area contributed by atoms with E-state index in [1.54, 1.807) is 30.3 Å². The van der Waals surface area contributed by atoms with Gasteiger partial charge in [-0.15, -0.1) is 0 Å². The molecule has 0 aliphatic carbocycles. The Balaban J connectivity index is 0.000000346. The second-order valence-corrected chi connectivity index (χ2v) is 8.46. The standard InChI is InChI=1S/C15H21NO3.C7H8O3S/c1-11(2)13-5-3-12(4-6-13)10-19-15(18)8-7-14(17)9-16;8-11(9,10)6-7-4-2-1-3-5-7/h3-6,11H,7-10,16H2,1-2H3;1-5H,6H2,(H,8,9,10). The average Bonchev–Trinajstić information content (AvgIpc) is 2.70. The van der Waals surface area contributed by atoms with Crippen molar-refractivity contribution in [2.24, 2.45) is 5.73 Å². The number of carbonyl (C=O) groups is 2. The smallest absolute Gasteiger partial charge is 0.306 e. The highest BCUT2D eigenvalue weighted by Gasteiger charge is 2.07. The molecule has 8 heteroatoms. The minimum absolute atomic E-state index is 0.0239. The summed E-state index contributed by atoms with van der Waals surface area (Å²) in [6, 6.07) is 16.5. The van der Waals surface area contributed by atoms with Crippen molar-refractivity contribution in [1.29, 1.82) is 0 Å². The monoisotopic (exact) mass is 435 g/mol. The number of carbonyl (C=O) groups excluding carboxylic acids is 2. The first kappa shape index (κ1) is 25.5. The maximum absolute atomic E-state index is 11.4. The predicted octanol–water partition coefficient (Wildman–Crippen LogP) is 3.24. The fraction of sp³-hybridized carbons (Fsp3) is 0.364. The van der Waals surface area contributed by atoms with Gasteiger partial charge < -0.3 is 10.5 Å². The number of benzene rings is 2. The molecule has 0 radical (unpaired) electrons. The largest absolute Gasteiger partial charge is 0.461 e. The summed E-state index contributed by atoms with van der Waals surface area (Å²) in [6.45, 7) is 4.48. The Kier molecular flexibility index (Phi) is 11.0. The maximum Gasteiger partial charge on any atom is 0.306 e. The zero-order valence-corrected chi connectivity index (χ0v) is 18.1. The Hall–Kier alpha value is -2.55. The van der Waals surface area contributed by atoms with Crippen LogP contribution in [0.15, 0.2) is 54.6 Å². The number of hydrogen-bond acceptors (Lipinski definition) is 6. The van der Waals surface area contributed by atoms with Crippen molar-refractivity contribution in [3.63, 3.8) is 0 Å². The number of ether oxygens (including phenoxy) is 1. The molecule has 0 atom stereocenters. The average molecular weight is 436 g/mol. The topological polar surface area (TPSA) is 124 Å². The van der Waals surface area contributed by atoms with Crippen molar-refractivity contribution in [2.45, 2.75) is 45.0 Å². The summed E-state index contributed by atoms with van der Waals surface area (Å²) in [5, 5.41) is 0. The summed E-state index contributed by atoms with van der Waals surface area (Å²) < 4.78 is 34.2. The number of Topliss-reactive ketones (excluding diaryl/α,β-unsaturated/α-hetero) is 1. The summed E-state index contributed by atoms with van der Waals surface area (Å²) >= 11 is 0. The molecule has 30 heavy (non-hydrogen) atoms. The summed E-state index contributed by atoms with van der Waals surface area (Å²) in [5.74, 6) is -0.319. The van der Waals surface area contributed by atoms with E-state index in [1.165, 1.54) is 5.56 Å². The Morgan fingerprint density at radius 2 is 1.57 bits per heavy atom. The van der Waals surface area contributed by atoms with Crippen molar-refractivity contribution in [3.8, 4) is 0 Å². The Labute approximate surface area is 178 Å². The summed E-state index contributed by atoms with van der Waals surface area (Å²) in [5.41, 5.74) is 7.95. The zero-order chi connectivity index (χ0) is 22.6. The van der Waals surface area contributed by atoms with Crippen LogP contribution >= 0.6 is 0 Å². The van der Waals surface area contributed by atoms with Crippen molar-refractivity contribution >= 4 is 21.9 Å². The predicted molar refractivity (Wildman–Crippen MR) is 115 cm³/mol. The van der Waals surface area contributed by atoms with Gasteiger partial charge in [0, 0.05) is 6.42 Å². The first-order valence-electron chi connectivity index (χ1n) is 9.56. The van der Waals surface area contributed by atoms with Gasteiger partial charge >= 0.3 is 5.97 Å². The maximum atomic E-state index is 11.4. The highest BCUT2D eigenvalue weighted by molar-refractivity contribution is 7.85. The Morgan fingerprint density at radius 3 is 2.07 bits per heavy atom. The molecular formula is C22H29NO6S. The molecule has 2 rings (SSSR count). The van der Waals surface area contributed by atoms with Gasteiger partial charge in [0.05, 0.1) is 13.0 Å². The molecule has 0 aliphatic rings. The van der Waals surface area contributed by atoms with Crippen LogP contribution in [-0.2, 0) is 36.8 Å². The highest BCUT2D eigenvalue weighted by atomic mass is 32.2. The second-order valence-electron chi connectivity index (χ2n) is 7.01. The van der Waals surface area contributed by atoms with Gasteiger partial charge in [-0.25, -0.2) is 0 Å². The number of esters is 1. The third-order valence-corrected chi connectivity index (χ3v) is 4.77. The van der Waals surface area contributed by atoms with Crippen LogP contribution in [0.25, 0.3) is 0 Å². The zero-order valence-electron chi connectivity index (χ0n) is 17.3. The van der Waals surface area contributed by atoms with Crippen molar-refractivity contribution < 1.29 is 27.3 Å². The van der Waals surface area contributed by atoms with Gasteiger partial charge in [-0.1, -0.05) is 68.4 Å². The number of rotatable bonds is 9. The van der Waals surface area contributed by atoms with E-state index in [0.717, 1.165) is 5.56 Å². The molecule has 0 spiro atoms. The summed E-state index contributed by atoms with van der Waals surface area (Å²) in [4.78, 5) is 22.4. The van der Waals surface area contributed by atoms with E-state index in [9.17, 15) is 18.0 Å². The molecular weight excluding hydrogens is 406 g/mol. The lowest BCUT2D eigenvalue weighted by Crippen LogP contribution is -2.15. The van der Waals surface area contributed by atoms with Crippen LogP contribution in [-0.4, -0.2) is 31.3 Å². The number of hydrogen-bond donors (Lipinski definition) is 2. The first-order valence-corrected chi connectivity index (χ1v) is 11.2. The van der Waals surface area contributed by atoms with Crippen LogP contribution in [0.2, 0.25) is 0 Å². The lowest BCUT2D eigenvalue weighted by Gasteiger charge is -2.07. The summed E-state index contributed by atoms with van der Waals surface area (Å²) in [6.07, 6.45) is 0.252. The third kappa shape index (κ3) is 11.5. The van der Waals surface area contributed by atoms with Crippen LogP contribution in [0, 0.1) is 0 Å². The minimum Gasteiger partial charge on any atom is -0.461 e. The molecule has 0 bridgehead atoms. The first-order chi connectivity index (χ1) is 14.1. The molecule has 0 aliphatic heterocycles. The fourth-order valence-corrected chi connectivity index (χ4v) is 2.98. The lowest BCUT2D eigenvalue weighted by atomic mass is 10.0. The van der Waals surface area contributed by atoms with Gasteiger partial charge in [-0.3, -0.25) is 14.1 Å². The molecule has 0 saturated heterocycles. The van der Waals surface area contributed by atoms with Crippen molar-refractivity contribution in [1.82, 2.24) is 0 Å². The van der Waals surface area contributed by atoms with E-state index in [2.05, 4.69) is 13.8 Å². The summed E-state index contributed by atoms with van der Waals surface area (Å²) in [7, 11) is -3.88. The van der Waals surface area contributed by atoms with E-state index < -0.39 is 10.1 Å². The van der Waals surface area contributed by atoms with Crippen LogP contribution in [0.1, 0.15) is 49.3 Å². The molecule has 2 aromatic rings. The molecule has 164 valence electrons. The quantitative estimate of drug-likeness (QED) is 0.458. The van der Waals surface area contributed by atoms with Gasteiger partial charge in [-0.2, -0.15) is 8.42 Å². The van der Waals surface area contributed by atoms with Gasteiger partial charge in [0.15, 0.2) is 0 Å². The number of nitrogens with two attached hydrogens (primary N) is 1. The molecule has 3 N–H and O–H groups in total. The van der Waals surface area contributed by atoms with Gasteiger partial charge in [0.1, 0.15) is 18.1 Å². The van der Waals surface area contributed by atoms with Crippen molar-refractivity contribution in [2.75, 3.05) is 6.54 Å². The number of ketones is 1.